The third-order valence-electron chi connectivity index (χ3n) is 2.65. The smallest absolute Gasteiger partial charge is 0.0257 e. The highest BCUT2D eigenvalue weighted by Crippen LogP contribution is 2.01. The van der Waals surface area contributed by atoms with E-state index in [9.17, 15) is 0 Å². The summed E-state index contributed by atoms with van der Waals surface area (Å²) >= 11 is 0. The van der Waals surface area contributed by atoms with Crippen LogP contribution in [0, 0.1) is 12.0 Å². The predicted octanol–water partition coefficient (Wildman–Crippen LogP) is -0.172. The Labute approximate surface area is 92.8 Å². The van der Waals surface area contributed by atoms with Crippen molar-refractivity contribution >= 4 is 0 Å². The van der Waals surface area contributed by atoms with Crippen LogP contribution in [-0.2, 0) is 0 Å². The summed E-state index contributed by atoms with van der Waals surface area (Å²) in [4.78, 5) is 2.48. The van der Waals surface area contributed by atoms with Crippen LogP contribution in [0.1, 0.15) is 19.3 Å². The normalized spacial score (nSPS) is 18.3. The van der Waals surface area contributed by atoms with E-state index in [1.165, 1.54) is 19.4 Å². The van der Waals surface area contributed by atoms with Crippen LogP contribution in [0.15, 0.2) is 0 Å². The maximum absolute atomic E-state index is 5.69. The molecule has 0 amide bonds. The Kier molecular flexibility index (Phi) is 6.17. The first kappa shape index (κ1) is 12.3. The van der Waals surface area contributed by atoms with Crippen molar-refractivity contribution in [2.45, 2.75) is 19.3 Å². The third kappa shape index (κ3) is 5.63. The Hall–Kier alpha value is -0.760. The van der Waals surface area contributed by atoms with E-state index in [0.717, 1.165) is 32.6 Å². The van der Waals surface area contributed by atoms with Crippen LogP contribution in [0.25, 0.3) is 0 Å². The monoisotopic (exact) mass is 210 g/mol. The highest BCUT2D eigenvalue weighted by Gasteiger charge is 2.12. The number of nitrogens with zero attached hydrogens (tertiary/aromatic N) is 2. The molecule has 0 aromatic heterocycles. The van der Waals surface area contributed by atoms with Gasteiger partial charge in [-0.25, -0.2) is 5.01 Å². The minimum absolute atomic E-state index is 0.998. The van der Waals surface area contributed by atoms with Gasteiger partial charge in [0.25, 0.3) is 0 Å². The molecule has 0 unspecified atom stereocenters. The maximum atomic E-state index is 5.69. The number of unbranched alkanes of at least 4 members (excludes halogenated alkanes) is 2. The van der Waals surface area contributed by atoms with Crippen molar-refractivity contribution in [3.63, 3.8) is 0 Å². The van der Waals surface area contributed by atoms with E-state index in [2.05, 4.69) is 22.2 Å². The molecule has 1 fully saturated rings. The fraction of sp³-hybridized carbons (Fsp3) is 0.818. The molecule has 0 aromatic carbocycles. The lowest BCUT2D eigenvalue weighted by Gasteiger charge is -2.31. The number of nitrogens with one attached hydrogen (secondary N) is 1. The van der Waals surface area contributed by atoms with Gasteiger partial charge < -0.3 is 10.2 Å². The zero-order valence-corrected chi connectivity index (χ0v) is 9.63. The second-order valence-corrected chi connectivity index (χ2v) is 3.89. The van der Waals surface area contributed by atoms with Crippen molar-refractivity contribution in [1.82, 2.24) is 15.2 Å². The van der Waals surface area contributed by atoms with E-state index in [0.29, 0.717) is 0 Å². The zero-order chi connectivity index (χ0) is 10.9. The molecule has 15 heavy (non-hydrogen) atoms. The quantitative estimate of drug-likeness (QED) is 0.293. The van der Waals surface area contributed by atoms with Gasteiger partial charge in [-0.3, -0.25) is 5.84 Å². The molecule has 0 bridgehead atoms. The Morgan fingerprint density at radius 3 is 2.60 bits per heavy atom. The lowest BCUT2D eigenvalue weighted by Crippen LogP contribution is -2.49. The molecule has 1 aliphatic rings. The Morgan fingerprint density at radius 2 is 1.93 bits per heavy atom. The fourth-order valence-corrected chi connectivity index (χ4v) is 1.69. The molecule has 4 heteroatoms. The molecular weight excluding hydrogens is 188 g/mol. The molecule has 0 aliphatic carbocycles. The average Bonchev–Trinajstić information content (AvgIpc) is 2.26. The van der Waals surface area contributed by atoms with E-state index in [-0.39, 0.29) is 0 Å². The lowest BCUT2D eigenvalue weighted by atomic mass is 10.2. The molecule has 86 valence electrons. The summed E-state index contributed by atoms with van der Waals surface area (Å²) in [7, 11) is 1.85. The molecule has 3 N–H and O–H groups in total. The first-order chi connectivity index (χ1) is 7.33. The van der Waals surface area contributed by atoms with Crippen LogP contribution in [0.3, 0.4) is 0 Å². The molecule has 1 aliphatic heterocycles. The molecule has 0 aromatic rings. The minimum atomic E-state index is 0.998. The number of hydrogen-bond donors (Lipinski definition) is 2. The highest BCUT2D eigenvalue weighted by atomic mass is 15.4. The second kappa shape index (κ2) is 7.52. The predicted molar refractivity (Wildman–Crippen MR) is 62.9 cm³/mol. The van der Waals surface area contributed by atoms with Crippen molar-refractivity contribution in [2.24, 2.45) is 5.84 Å². The summed E-state index contributed by atoms with van der Waals surface area (Å²) in [5.74, 6) is 8.76. The van der Waals surface area contributed by atoms with Crippen LogP contribution in [0.5, 0.6) is 0 Å². The number of piperazine rings is 1. The standard InChI is InChI=1S/C11H22N4/c1-13-6-4-2-3-5-7-14-8-10-15(12)11-9-14/h13H,2-3,5,7-12H2,1H3. The van der Waals surface area contributed by atoms with Crippen LogP contribution in [0.2, 0.25) is 0 Å². The van der Waals surface area contributed by atoms with Gasteiger partial charge in [0.1, 0.15) is 0 Å². The number of hydrazine groups is 1. The second-order valence-electron chi connectivity index (χ2n) is 3.89. The molecular formula is C11H22N4. The van der Waals surface area contributed by atoms with Crippen molar-refractivity contribution < 1.29 is 0 Å². The first-order valence-electron chi connectivity index (χ1n) is 5.69. The highest BCUT2D eigenvalue weighted by molar-refractivity contribution is 4.95. The van der Waals surface area contributed by atoms with E-state index in [1.807, 2.05) is 12.1 Å². The fourth-order valence-electron chi connectivity index (χ4n) is 1.69. The van der Waals surface area contributed by atoms with Gasteiger partial charge in [0.05, 0.1) is 0 Å². The molecule has 1 rings (SSSR count). The van der Waals surface area contributed by atoms with Gasteiger partial charge in [-0.15, -0.1) is 0 Å². The van der Waals surface area contributed by atoms with E-state index in [4.69, 9.17) is 5.84 Å². The van der Waals surface area contributed by atoms with Crippen molar-refractivity contribution in [3.05, 3.63) is 0 Å². The Bertz CT molecular complexity index is 210. The Balaban J connectivity index is 1.96. The van der Waals surface area contributed by atoms with Crippen molar-refractivity contribution in [3.8, 4) is 12.0 Å². The maximum Gasteiger partial charge on any atom is 0.0257 e. The van der Waals surface area contributed by atoms with Gasteiger partial charge in [0, 0.05) is 45.7 Å². The molecule has 1 saturated heterocycles. The molecule has 4 nitrogen and oxygen atoms in total. The SMILES string of the molecule is CNC#CCCCCN1CCN(N)CC1. The van der Waals surface area contributed by atoms with Crippen LogP contribution < -0.4 is 11.2 Å². The minimum Gasteiger partial charge on any atom is -0.349 e. The molecule has 0 spiro atoms. The molecule has 0 atom stereocenters. The van der Waals surface area contributed by atoms with Crippen molar-refractivity contribution in [1.29, 1.82) is 0 Å². The topological polar surface area (TPSA) is 44.5 Å². The summed E-state index contributed by atoms with van der Waals surface area (Å²) in [6.45, 7) is 5.41. The van der Waals surface area contributed by atoms with E-state index >= 15 is 0 Å². The van der Waals surface area contributed by atoms with E-state index < -0.39 is 0 Å². The average molecular weight is 210 g/mol. The van der Waals surface area contributed by atoms with Gasteiger partial charge >= 0.3 is 0 Å². The summed E-state index contributed by atoms with van der Waals surface area (Å²) < 4.78 is 0. The molecule has 1 heterocycles. The van der Waals surface area contributed by atoms with Gasteiger partial charge in [-0.05, 0) is 19.4 Å². The van der Waals surface area contributed by atoms with Crippen LogP contribution >= 0.6 is 0 Å². The third-order valence-corrected chi connectivity index (χ3v) is 2.65. The molecule has 0 saturated carbocycles. The summed E-state index contributed by atoms with van der Waals surface area (Å²) in [5, 5.41) is 4.72. The molecule has 0 radical (unpaired) electrons. The van der Waals surface area contributed by atoms with Gasteiger partial charge in [0.2, 0.25) is 0 Å². The van der Waals surface area contributed by atoms with Crippen molar-refractivity contribution in [2.75, 3.05) is 39.8 Å². The lowest BCUT2D eigenvalue weighted by molar-refractivity contribution is 0.132. The summed E-state index contributed by atoms with van der Waals surface area (Å²) in [6, 6.07) is 2.86. The number of nitrogens with two attached hydrogens (primary N) is 1. The van der Waals surface area contributed by atoms with Gasteiger partial charge in [-0.2, -0.15) is 0 Å². The largest absolute Gasteiger partial charge is 0.349 e. The first-order valence-corrected chi connectivity index (χ1v) is 5.69. The number of rotatable bonds is 4. The zero-order valence-electron chi connectivity index (χ0n) is 9.63. The van der Waals surface area contributed by atoms with Gasteiger partial charge in [0.15, 0.2) is 0 Å². The van der Waals surface area contributed by atoms with Crippen LogP contribution in [0.4, 0.5) is 0 Å². The van der Waals surface area contributed by atoms with E-state index in [1.54, 1.807) is 0 Å². The Morgan fingerprint density at radius 1 is 1.20 bits per heavy atom. The van der Waals surface area contributed by atoms with Crippen LogP contribution in [-0.4, -0.2) is 49.7 Å². The van der Waals surface area contributed by atoms with Gasteiger partial charge in [-0.1, -0.05) is 5.92 Å². The summed E-state index contributed by atoms with van der Waals surface area (Å²) in [5.41, 5.74) is 0. The summed E-state index contributed by atoms with van der Waals surface area (Å²) in [6.07, 6.45) is 3.43. The number of hydrogen-bond acceptors (Lipinski definition) is 4.